The molecule has 68 heavy (non-hydrogen) atoms. The molecule has 5 aliphatic heterocycles. The maximum absolute atomic E-state index is 13.9. The largest absolute Gasteiger partial charge is 0.381 e. The Hall–Kier alpha value is -6.43. The number of carbonyl (C=O) groups is 4. The molecule has 3 fully saturated rings. The first-order chi connectivity index (χ1) is 33.1. The molecule has 1 unspecified atom stereocenters. The zero-order valence-corrected chi connectivity index (χ0v) is 38.9. The molecule has 0 aliphatic carbocycles. The lowest BCUT2D eigenvalue weighted by Gasteiger charge is -2.36. The Bertz CT molecular complexity index is 2730. The van der Waals surface area contributed by atoms with Crippen molar-refractivity contribution in [2.24, 2.45) is 5.92 Å². The number of ether oxygens (including phenoxy) is 1. The van der Waals surface area contributed by atoms with Gasteiger partial charge in [-0.2, -0.15) is 0 Å². The minimum Gasteiger partial charge on any atom is -0.381 e. The van der Waals surface area contributed by atoms with Gasteiger partial charge in [-0.3, -0.25) is 33.8 Å². The number of pyridine rings is 2. The first-order valence-corrected chi connectivity index (χ1v) is 24.1. The fraction of sp³-hybridized carbons (Fsp3) is 0.451. The molecule has 1 atom stereocenters. The van der Waals surface area contributed by atoms with Gasteiger partial charge in [-0.15, -0.1) is 0 Å². The molecule has 5 aromatic rings. The van der Waals surface area contributed by atoms with E-state index in [0.717, 1.165) is 131 Å². The van der Waals surface area contributed by atoms with E-state index in [1.165, 1.54) is 12.1 Å². The van der Waals surface area contributed by atoms with E-state index >= 15 is 0 Å². The van der Waals surface area contributed by atoms with Gasteiger partial charge in [0.25, 0.3) is 11.8 Å². The second-order valence-corrected chi connectivity index (χ2v) is 19.1. The predicted octanol–water partition coefficient (Wildman–Crippen LogP) is 5.57. The van der Waals surface area contributed by atoms with Crippen LogP contribution in [0.4, 0.5) is 27.3 Å². The van der Waals surface area contributed by atoms with E-state index in [1.807, 2.05) is 48.8 Å². The molecule has 0 bridgehead atoms. The van der Waals surface area contributed by atoms with Crippen molar-refractivity contribution in [1.29, 1.82) is 0 Å². The molecule has 2 aromatic carbocycles. The zero-order valence-electron chi connectivity index (χ0n) is 38.9. The lowest BCUT2D eigenvalue weighted by molar-refractivity contribution is -0.136. The fourth-order valence-electron chi connectivity index (χ4n) is 10.5. The number of imide groups is 1. The van der Waals surface area contributed by atoms with Crippen LogP contribution in [0.3, 0.4) is 0 Å². The summed E-state index contributed by atoms with van der Waals surface area (Å²) in [5.74, 6) is -0.0901. The van der Waals surface area contributed by atoms with Crippen molar-refractivity contribution < 1.29 is 28.3 Å². The molecule has 0 saturated carbocycles. The smallest absolute Gasteiger partial charge is 0.255 e. The van der Waals surface area contributed by atoms with Crippen LogP contribution in [0.5, 0.6) is 0 Å². The Morgan fingerprint density at radius 3 is 2.51 bits per heavy atom. The van der Waals surface area contributed by atoms with Gasteiger partial charge in [0.2, 0.25) is 11.8 Å². The van der Waals surface area contributed by atoms with Gasteiger partial charge >= 0.3 is 0 Å². The quantitative estimate of drug-likeness (QED) is 0.0836. The van der Waals surface area contributed by atoms with Crippen LogP contribution in [0.25, 0.3) is 16.9 Å². The number of hydrogen-bond acceptors (Lipinski definition) is 12. The SMILES string of the molecule is CN(C)Cc1nc(Nc2ccc(-c3cnc4cc(F)ccn34)c3c2C(=O)NC3)ccc1N1CCC(COCCCCCN2CCN(c3ccc4c(c3)CN(C3CCC(=O)NC3=O)C4=O)CC2)CC1. The summed E-state index contributed by atoms with van der Waals surface area (Å²) in [7, 11) is 4.10. The number of nitrogens with zero attached hydrogens (tertiary/aromatic N) is 8. The van der Waals surface area contributed by atoms with Crippen molar-refractivity contribution in [3.63, 3.8) is 0 Å². The normalized spacial score (nSPS) is 19.0. The summed E-state index contributed by atoms with van der Waals surface area (Å²) in [5.41, 5.74) is 9.11. The van der Waals surface area contributed by atoms with Crippen molar-refractivity contribution in [1.82, 2.24) is 39.7 Å². The van der Waals surface area contributed by atoms with E-state index in [2.05, 4.69) is 52.7 Å². The molecule has 5 aliphatic rings. The summed E-state index contributed by atoms with van der Waals surface area (Å²) in [6, 6.07) is 16.3. The number of carbonyl (C=O) groups excluding carboxylic acids is 4. The fourth-order valence-corrected chi connectivity index (χ4v) is 10.5. The summed E-state index contributed by atoms with van der Waals surface area (Å²) in [6.45, 7) is 9.85. The minimum atomic E-state index is -0.597. The van der Waals surface area contributed by atoms with Crippen molar-refractivity contribution in [3.05, 3.63) is 101 Å². The third-order valence-corrected chi connectivity index (χ3v) is 14.2. The maximum atomic E-state index is 13.9. The number of amides is 4. The molecule has 3 saturated heterocycles. The summed E-state index contributed by atoms with van der Waals surface area (Å²) in [5, 5.41) is 8.82. The minimum absolute atomic E-state index is 0.135. The summed E-state index contributed by atoms with van der Waals surface area (Å²) >= 11 is 0. The Kier molecular flexibility index (Phi) is 13.1. The molecule has 17 heteroatoms. The number of halogens is 1. The third-order valence-electron chi connectivity index (χ3n) is 14.2. The van der Waals surface area contributed by atoms with Crippen molar-refractivity contribution in [3.8, 4) is 11.3 Å². The number of benzene rings is 2. The van der Waals surface area contributed by atoms with Crippen molar-refractivity contribution >= 4 is 52.2 Å². The lowest BCUT2D eigenvalue weighted by Crippen LogP contribution is -2.52. The average molecular weight is 926 g/mol. The van der Waals surface area contributed by atoms with Gasteiger partial charge in [-0.25, -0.2) is 14.4 Å². The van der Waals surface area contributed by atoms with Gasteiger partial charge in [0, 0.05) is 108 Å². The number of fused-ring (bicyclic) bond motifs is 3. The number of rotatable bonds is 16. The number of nitrogens with one attached hydrogen (secondary N) is 3. The van der Waals surface area contributed by atoms with Gasteiger partial charge in [0.15, 0.2) is 0 Å². The van der Waals surface area contributed by atoms with Gasteiger partial charge in [-0.05, 0) is 119 Å². The topological polar surface area (TPSA) is 160 Å². The van der Waals surface area contributed by atoms with Crippen LogP contribution in [0.15, 0.2) is 67.0 Å². The molecular formula is C51H60FN11O5. The van der Waals surface area contributed by atoms with E-state index < -0.39 is 6.04 Å². The highest BCUT2D eigenvalue weighted by Crippen LogP contribution is 2.37. The first-order valence-electron chi connectivity index (χ1n) is 24.1. The zero-order chi connectivity index (χ0) is 46.9. The molecule has 356 valence electrons. The van der Waals surface area contributed by atoms with E-state index in [1.54, 1.807) is 17.3 Å². The highest BCUT2D eigenvalue weighted by Gasteiger charge is 2.39. The molecular weight excluding hydrogens is 866 g/mol. The highest BCUT2D eigenvalue weighted by atomic mass is 19.1. The average Bonchev–Trinajstić information content (AvgIpc) is 4.03. The Balaban J connectivity index is 0.649. The number of hydrogen-bond donors (Lipinski definition) is 3. The summed E-state index contributed by atoms with van der Waals surface area (Å²) in [6.07, 6.45) is 9.47. The Morgan fingerprint density at radius 2 is 1.71 bits per heavy atom. The molecule has 16 nitrogen and oxygen atoms in total. The van der Waals surface area contributed by atoms with E-state index in [0.29, 0.717) is 60.3 Å². The number of anilines is 4. The predicted molar refractivity (Wildman–Crippen MR) is 257 cm³/mol. The standard InChI is InChI=1S/C51H60FN11O5/c1-58(2)31-41-42(10-12-45(56-41)55-40-9-8-38(39-28-54-50(66)48(39)40)44-29-53-46-27-35(52)16-20-62(44)46)61-18-14-33(15-19-61)32-68-25-5-3-4-17-59-21-23-60(24-22-59)36-6-7-37-34(26-36)30-63(51(37)67)43-11-13-47(64)57-49(43)65/h6-10,12,16,20,26-27,29,33,43H,3-5,11,13-15,17-19,21-25,28,30-32H2,1-2H3,(H,54,66)(H,55,56)(H,57,64,65). The monoisotopic (exact) mass is 925 g/mol. The molecule has 4 amide bonds. The van der Waals surface area contributed by atoms with Gasteiger partial charge in [-0.1, -0.05) is 6.07 Å². The second-order valence-electron chi connectivity index (χ2n) is 19.1. The van der Waals surface area contributed by atoms with Crippen LogP contribution in [0, 0.1) is 11.7 Å². The van der Waals surface area contributed by atoms with Crippen LogP contribution in [0.1, 0.15) is 82.5 Å². The van der Waals surface area contributed by atoms with Crippen LogP contribution in [0.2, 0.25) is 0 Å². The number of piperidine rings is 2. The Morgan fingerprint density at radius 1 is 0.882 bits per heavy atom. The number of piperazine rings is 1. The molecule has 3 aromatic heterocycles. The lowest BCUT2D eigenvalue weighted by atomic mass is 9.97. The van der Waals surface area contributed by atoms with Gasteiger partial charge in [0.1, 0.15) is 23.3 Å². The van der Waals surface area contributed by atoms with E-state index in [4.69, 9.17) is 9.72 Å². The molecule has 8 heterocycles. The molecule has 3 N–H and O–H groups in total. The molecule has 10 rings (SSSR count). The summed E-state index contributed by atoms with van der Waals surface area (Å²) < 4.78 is 22.0. The Labute approximate surface area is 395 Å². The van der Waals surface area contributed by atoms with Crippen LogP contribution < -0.4 is 25.8 Å². The maximum Gasteiger partial charge on any atom is 0.255 e. The molecule has 0 radical (unpaired) electrons. The number of aromatic nitrogens is 3. The van der Waals surface area contributed by atoms with Gasteiger partial charge < -0.3 is 35.0 Å². The molecule has 0 spiro atoms. The summed E-state index contributed by atoms with van der Waals surface area (Å²) in [4.78, 5) is 71.0. The van der Waals surface area contributed by atoms with Crippen LogP contribution in [-0.4, -0.2) is 132 Å². The number of unbranched alkanes of at least 4 members (excludes halogenated alkanes) is 2. The van der Waals surface area contributed by atoms with Crippen LogP contribution in [-0.2, 0) is 34.0 Å². The van der Waals surface area contributed by atoms with Crippen LogP contribution >= 0.6 is 0 Å². The van der Waals surface area contributed by atoms with Crippen molar-refractivity contribution in [2.45, 2.75) is 70.6 Å². The number of imidazole rings is 1. The first kappa shape index (κ1) is 45.4. The third kappa shape index (κ3) is 9.51. The highest BCUT2D eigenvalue weighted by molar-refractivity contribution is 6.07. The van der Waals surface area contributed by atoms with Gasteiger partial charge in [0.05, 0.1) is 34.5 Å². The second kappa shape index (κ2) is 19.7. The van der Waals surface area contributed by atoms with E-state index in [-0.39, 0.29) is 35.9 Å². The van der Waals surface area contributed by atoms with Crippen molar-refractivity contribution in [2.75, 3.05) is 88.2 Å². The van der Waals surface area contributed by atoms with E-state index in [9.17, 15) is 23.6 Å².